The van der Waals surface area contributed by atoms with Crippen LogP contribution in [-0.2, 0) is 0 Å². The molecular formula is C45H31N3Si. The van der Waals surface area contributed by atoms with Gasteiger partial charge in [-0.3, -0.25) is 4.98 Å². The number of hydrogen-bond donors (Lipinski definition) is 0. The van der Waals surface area contributed by atoms with Crippen molar-refractivity contribution in [2.75, 3.05) is 0 Å². The summed E-state index contributed by atoms with van der Waals surface area (Å²) in [6.07, 6.45) is 2.14. The second-order valence-corrected chi connectivity index (χ2v) is 18.2. The minimum Gasteiger partial charge on any atom is -0.309 e. The van der Waals surface area contributed by atoms with Crippen LogP contribution in [0.25, 0.3) is 87.8 Å². The van der Waals surface area contributed by atoms with Crippen LogP contribution >= 0.6 is 0 Å². The summed E-state index contributed by atoms with van der Waals surface area (Å²) in [5, 5.41) is 11.9. The SMILES string of the molecule is C[Si]1(C)c2ccccc2-c2c1c1ccccc1c1cnc3c4ccccc4n(-c4ccc5c(c4)c4ccccc4n5-c4ccccc4)c3c21. The van der Waals surface area contributed by atoms with E-state index < -0.39 is 8.07 Å². The zero-order chi connectivity index (χ0) is 32.4. The summed E-state index contributed by atoms with van der Waals surface area (Å²) in [6.45, 7) is 5.06. The monoisotopic (exact) mass is 641 g/mol. The van der Waals surface area contributed by atoms with Crippen LogP contribution in [0.2, 0.25) is 13.1 Å². The highest BCUT2D eigenvalue weighted by Crippen LogP contribution is 2.45. The molecule has 4 heterocycles. The average Bonchev–Trinajstić information content (AvgIpc) is 3.75. The Hall–Kier alpha value is -5.97. The summed E-state index contributed by atoms with van der Waals surface area (Å²) in [5.74, 6) is 0. The van der Waals surface area contributed by atoms with E-state index in [1.165, 1.54) is 81.8 Å². The van der Waals surface area contributed by atoms with Crippen LogP contribution in [-0.4, -0.2) is 22.2 Å². The standard InChI is InChI=1S/C45H31N3Si/c1-49(2)40-23-13-10-20-34(40)42-41-36(30-16-6-7-18-32(30)45(42)49)27-46-43-33-19-9-12-22-38(33)48(44(41)43)29-24-25-39-35(26-29)31-17-8-11-21-37(31)47(39)28-14-4-3-5-15-28/h3-27H,1-2H3. The first-order chi connectivity index (χ1) is 24.1. The lowest BCUT2D eigenvalue weighted by Gasteiger charge is -2.22. The number of benzene rings is 7. The number of hydrogen-bond acceptors (Lipinski definition) is 1. The molecule has 0 unspecified atom stereocenters. The van der Waals surface area contributed by atoms with Gasteiger partial charge in [0.15, 0.2) is 0 Å². The fourth-order valence-electron chi connectivity index (χ4n) is 9.08. The number of aromatic nitrogens is 3. The van der Waals surface area contributed by atoms with Crippen LogP contribution in [0.3, 0.4) is 0 Å². The highest BCUT2D eigenvalue weighted by atomic mass is 28.3. The molecule has 230 valence electrons. The van der Waals surface area contributed by atoms with Crippen molar-refractivity contribution < 1.29 is 0 Å². The predicted molar refractivity (Wildman–Crippen MR) is 210 cm³/mol. The molecule has 49 heavy (non-hydrogen) atoms. The van der Waals surface area contributed by atoms with Crippen LogP contribution < -0.4 is 10.4 Å². The van der Waals surface area contributed by atoms with Gasteiger partial charge in [-0.15, -0.1) is 0 Å². The first-order valence-electron chi connectivity index (χ1n) is 17.1. The molecule has 0 aliphatic carbocycles. The number of fused-ring (bicyclic) bond motifs is 15. The topological polar surface area (TPSA) is 22.8 Å². The Balaban J connectivity index is 1.34. The third-order valence-electron chi connectivity index (χ3n) is 11.1. The Kier molecular flexibility index (Phi) is 5.27. The number of pyridine rings is 1. The second kappa shape index (κ2) is 9.56. The van der Waals surface area contributed by atoms with Crippen molar-refractivity contribution in [1.29, 1.82) is 0 Å². The van der Waals surface area contributed by atoms with Crippen LogP contribution in [0.15, 0.2) is 152 Å². The fraction of sp³-hybridized carbons (Fsp3) is 0.0444. The minimum absolute atomic E-state index is 1.05. The summed E-state index contributed by atoms with van der Waals surface area (Å²) < 4.78 is 4.89. The molecule has 0 atom stereocenters. The van der Waals surface area contributed by atoms with Crippen LogP contribution in [0, 0.1) is 0 Å². The Labute approximate surface area is 284 Å². The molecule has 1 aliphatic rings. The van der Waals surface area contributed by atoms with Crippen molar-refractivity contribution >= 4 is 83.7 Å². The highest BCUT2D eigenvalue weighted by molar-refractivity contribution is 7.05. The van der Waals surface area contributed by atoms with E-state index in [0.29, 0.717) is 0 Å². The van der Waals surface area contributed by atoms with Gasteiger partial charge in [-0.05, 0) is 74.7 Å². The van der Waals surface area contributed by atoms with E-state index in [-0.39, 0.29) is 0 Å². The summed E-state index contributed by atoms with van der Waals surface area (Å²) in [6, 6.07) is 53.5. The molecule has 0 amide bonds. The normalized spacial score (nSPS) is 13.7. The molecule has 7 aromatic carbocycles. The third kappa shape index (κ3) is 3.43. The van der Waals surface area contributed by atoms with Crippen molar-refractivity contribution in [3.63, 3.8) is 0 Å². The summed E-state index contributed by atoms with van der Waals surface area (Å²) in [7, 11) is -2.01. The molecule has 0 saturated carbocycles. The van der Waals surface area contributed by atoms with Gasteiger partial charge in [-0.2, -0.15) is 0 Å². The smallest absolute Gasteiger partial charge is 0.114 e. The third-order valence-corrected chi connectivity index (χ3v) is 14.6. The first-order valence-corrected chi connectivity index (χ1v) is 20.1. The molecule has 0 fully saturated rings. The molecular weight excluding hydrogens is 611 g/mol. The maximum absolute atomic E-state index is 5.29. The molecule has 0 saturated heterocycles. The first kappa shape index (κ1) is 27.0. The van der Waals surface area contributed by atoms with Crippen molar-refractivity contribution in [2.24, 2.45) is 0 Å². The van der Waals surface area contributed by atoms with Gasteiger partial charge in [0.2, 0.25) is 0 Å². The van der Waals surface area contributed by atoms with E-state index in [0.717, 1.165) is 11.2 Å². The van der Waals surface area contributed by atoms with E-state index >= 15 is 0 Å². The largest absolute Gasteiger partial charge is 0.309 e. The fourth-order valence-corrected chi connectivity index (χ4v) is 12.5. The average molecular weight is 642 g/mol. The van der Waals surface area contributed by atoms with E-state index in [1.54, 1.807) is 5.19 Å². The Bertz CT molecular complexity index is 3020. The van der Waals surface area contributed by atoms with E-state index in [4.69, 9.17) is 4.98 Å². The van der Waals surface area contributed by atoms with Gasteiger partial charge in [0.05, 0.1) is 27.6 Å². The van der Waals surface area contributed by atoms with Crippen molar-refractivity contribution in [3.8, 4) is 22.5 Å². The van der Waals surface area contributed by atoms with E-state index in [9.17, 15) is 0 Å². The Morgan fingerprint density at radius 2 is 1.12 bits per heavy atom. The van der Waals surface area contributed by atoms with Crippen LogP contribution in [0.4, 0.5) is 0 Å². The van der Waals surface area contributed by atoms with Gasteiger partial charge in [0.1, 0.15) is 8.07 Å². The Morgan fingerprint density at radius 3 is 1.94 bits per heavy atom. The van der Waals surface area contributed by atoms with Crippen molar-refractivity contribution in [2.45, 2.75) is 13.1 Å². The lowest BCUT2D eigenvalue weighted by molar-refractivity contribution is 1.17. The molecule has 10 aromatic rings. The lowest BCUT2D eigenvalue weighted by Crippen LogP contribution is -2.49. The zero-order valence-corrected chi connectivity index (χ0v) is 28.3. The van der Waals surface area contributed by atoms with Crippen LogP contribution in [0.1, 0.15) is 0 Å². The lowest BCUT2D eigenvalue weighted by atomic mass is 9.93. The molecule has 0 bridgehead atoms. The second-order valence-electron chi connectivity index (χ2n) is 14.0. The van der Waals surface area contributed by atoms with Gasteiger partial charge >= 0.3 is 0 Å². The molecule has 3 nitrogen and oxygen atoms in total. The summed E-state index contributed by atoms with van der Waals surface area (Å²) >= 11 is 0. The molecule has 3 aromatic heterocycles. The summed E-state index contributed by atoms with van der Waals surface area (Å²) in [5.41, 5.74) is 10.9. The van der Waals surface area contributed by atoms with Gasteiger partial charge in [-0.25, -0.2) is 0 Å². The highest BCUT2D eigenvalue weighted by Gasteiger charge is 2.40. The van der Waals surface area contributed by atoms with Gasteiger partial charge < -0.3 is 9.13 Å². The number of rotatable bonds is 2. The predicted octanol–water partition coefficient (Wildman–Crippen LogP) is 10.4. The van der Waals surface area contributed by atoms with Crippen LogP contribution in [0.5, 0.6) is 0 Å². The number of nitrogens with zero attached hydrogens (tertiary/aromatic N) is 3. The van der Waals surface area contributed by atoms with Crippen molar-refractivity contribution in [3.05, 3.63) is 152 Å². The van der Waals surface area contributed by atoms with E-state index in [1.807, 2.05) is 0 Å². The summed E-state index contributed by atoms with van der Waals surface area (Å²) in [4.78, 5) is 5.29. The molecule has 4 heteroatoms. The Morgan fingerprint density at radius 1 is 0.490 bits per heavy atom. The molecule has 1 aliphatic heterocycles. The zero-order valence-electron chi connectivity index (χ0n) is 27.3. The van der Waals surface area contributed by atoms with E-state index in [2.05, 4.69) is 174 Å². The number of para-hydroxylation sites is 3. The maximum atomic E-state index is 5.29. The molecule has 0 radical (unpaired) electrons. The quantitative estimate of drug-likeness (QED) is 0.136. The van der Waals surface area contributed by atoms with Gasteiger partial charge in [0, 0.05) is 44.5 Å². The molecule has 0 N–H and O–H groups in total. The maximum Gasteiger partial charge on any atom is 0.114 e. The molecule has 0 spiro atoms. The minimum atomic E-state index is -2.01. The molecule has 11 rings (SSSR count). The van der Waals surface area contributed by atoms with Gasteiger partial charge in [0.25, 0.3) is 0 Å². The van der Waals surface area contributed by atoms with Crippen molar-refractivity contribution in [1.82, 2.24) is 14.1 Å². The van der Waals surface area contributed by atoms with Gasteiger partial charge in [-0.1, -0.05) is 116 Å².